The van der Waals surface area contributed by atoms with Crippen molar-refractivity contribution in [3.05, 3.63) is 29.6 Å². The first-order chi connectivity index (χ1) is 12.1. The highest BCUT2D eigenvalue weighted by atomic mass is 16.5. The normalized spacial score (nSPS) is 18.1. The maximum absolute atomic E-state index is 12.6. The van der Waals surface area contributed by atoms with Gasteiger partial charge in [0.2, 0.25) is 5.91 Å². The molecule has 1 amide bonds. The summed E-state index contributed by atoms with van der Waals surface area (Å²) in [5.41, 5.74) is 0.796. The van der Waals surface area contributed by atoms with Crippen LogP contribution in [0.4, 0.5) is 0 Å². The Labute approximate surface area is 147 Å². The number of morpholine rings is 1. The van der Waals surface area contributed by atoms with Gasteiger partial charge in [0.15, 0.2) is 5.82 Å². The SMILES string of the molecule is CCCc1nc([C@H]2CN(C(=O)Cc3ccn(C(C)C)n3)CCO2)n[nH]1. The number of ether oxygens (including phenoxy) is 1. The van der Waals surface area contributed by atoms with Crippen LogP contribution in [-0.2, 0) is 22.4 Å². The number of hydrogen-bond acceptors (Lipinski definition) is 5. The van der Waals surface area contributed by atoms with Crippen LogP contribution in [0.15, 0.2) is 12.3 Å². The number of nitrogens with zero attached hydrogens (tertiary/aromatic N) is 5. The molecule has 136 valence electrons. The van der Waals surface area contributed by atoms with E-state index in [1.165, 1.54) is 0 Å². The van der Waals surface area contributed by atoms with Crippen LogP contribution in [0.1, 0.15) is 56.7 Å². The number of aryl methyl sites for hydroxylation is 1. The maximum atomic E-state index is 12.6. The summed E-state index contributed by atoms with van der Waals surface area (Å²) in [6.07, 6.45) is 3.82. The molecular weight excluding hydrogens is 320 g/mol. The van der Waals surface area contributed by atoms with Gasteiger partial charge in [0.05, 0.1) is 25.3 Å². The minimum absolute atomic E-state index is 0.0617. The second-order valence-electron chi connectivity index (χ2n) is 6.65. The van der Waals surface area contributed by atoms with Gasteiger partial charge < -0.3 is 9.64 Å². The van der Waals surface area contributed by atoms with Crippen molar-refractivity contribution < 1.29 is 9.53 Å². The van der Waals surface area contributed by atoms with Gasteiger partial charge in [0.25, 0.3) is 0 Å². The van der Waals surface area contributed by atoms with Crippen molar-refractivity contribution in [2.24, 2.45) is 0 Å². The Morgan fingerprint density at radius 1 is 1.48 bits per heavy atom. The van der Waals surface area contributed by atoms with E-state index in [0.717, 1.165) is 24.4 Å². The molecule has 0 aliphatic carbocycles. The fraction of sp³-hybridized carbons (Fsp3) is 0.647. The molecular formula is C17H26N6O2. The number of carbonyl (C=O) groups is 1. The molecule has 1 atom stereocenters. The third-order valence-corrected chi connectivity index (χ3v) is 4.27. The third-order valence-electron chi connectivity index (χ3n) is 4.27. The Bertz CT molecular complexity index is 708. The first-order valence-corrected chi connectivity index (χ1v) is 8.91. The number of nitrogens with one attached hydrogen (secondary N) is 1. The van der Waals surface area contributed by atoms with Crippen molar-refractivity contribution in [2.45, 2.75) is 52.2 Å². The van der Waals surface area contributed by atoms with Gasteiger partial charge in [0.1, 0.15) is 11.9 Å². The van der Waals surface area contributed by atoms with Crippen molar-refractivity contribution in [2.75, 3.05) is 19.7 Å². The summed E-state index contributed by atoms with van der Waals surface area (Å²) < 4.78 is 7.63. The summed E-state index contributed by atoms with van der Waals surface area (Å²) in [6.45, 7) is 7.79. The van der Waals surface area contributed by atoms with Gasteiger partial charge in [-0.2, -0.15) is 10.2 Å². The summed E-state index contributed by atoms with van der Waals surface area (Å²) in [5.74, 6) is 1.56. The first kappa shape index (κ1) is 17.6. The van der Waals surface area contributed by atoms with Crippen molar-refractivity contribution in [3.8, 4) is 0 Å². The van der Waals surface area contributed by atoms with Crippen LogP contribution in [0.5, 0.6) is 0 Å². The zero-order valence-corrected chi connectivity index (χ0v) is 15.1. The van der Waals surface area contributed by atoms with E-state index >= 15 is 0 Å². The summed E-state index contributed by atoms with van der Waals surface area (Å²) in [6, 6.07) is 2.20. The van der Waals surface area contributed by atoms with Crippen molar-refractivity contribution in [1.82, 2.24) is 29.9 Å². The van der Waals surface area contributed by atoms with Gasteiger partial charge >= 0.3 is 0 Å². The molecule has 2 aromatic rings. The average molecular weight is 346 g/mol. The Balaban J connectivity index is 1.60. The molecule has 0 aromatic carbocycles. The minimum atomic E-state index is -0.271. The predicted octanol–water partition coefficient (Wildman–Crippen LogP) is 1.68. The molecule has 1 aliphatic heterocycles. The van der Waals surface area contributed by atoms with E-state index in [1.54, 1.807) is 0 Å². The van der Waals surface area contributed by atoms with Crippen LogP contribution in [-0.4, -0.2) is 55.5 Å². The van der Waals surface area contributed by atoms with Gasteiger partial charge in [-0.15, -0.1) is 0 Å². The molecule has 3 heterocycles. The number of aromatic amines is 1. The lowest BCUT2D eigenvalue weighted by Gasteiger charge is -2.31. The van der Waals surface area contributed by atoms with Gasteiger partial charge in [-0.05, 0) is 26.3 Å². The summed E-state index contributed by atoms with van der Waals surface area (Å²) in [7, 11) is 0. The molecule has 25 heavy (non-hydrogen) atoms. The van der Waals surface area contributed by atoms with Crippen LogP contribution in [0.3, 0.4) is 0 Å². The van der Waals surface area contributed by atoms with Crippen LogP contribution in [0.25, 0.3) is 0 Å². The molecule has 0 bridgehead atoms. The Hall–Kier alpha value is -2.22. The van der Waals surface area contributed by atoms with E-state index in [0.29, 0.717) is 38.0 Å². The third kappa shape index (κ3) is 4.25. The van der Waals surface area contributed by atoms with E-state index in [1.807, 2.05) is 21.8 Å². The maximum Gasteiger partial charge on any atom is 0.228 e. The molecule has 8 heteroatoms. The molecule has 0 spiro atoms. The van der Waals surface area contributed by atoms with Crippen LogP contribution >= 0.6 is 0 Å². The lowest BCUT2D eigenvalue weighted by molar-refractivity contribution is -0.138. The number of amides is 1. The van der Waals surface area contributed by atoms with E-state index < -0.39 is 0 Å². The Morgan fingerprint density at radius 3 is 3.04 bits per heavy atom. The first-order valence-electron chi connectivity index (χ1n) is 8.91. The van der Waals surface area contributed by atoms with Crippen LogP contribution in [0, 0.1) is 0 Å². The topological polar surface area (TPSA) is 88.9 Å². The highest BCUT2D eigenvalue weighted by molar-refractivity contribution is 5.78. The molecule has 3 rings (SSSR count). The van der Waals surface area contributed by atoms with Crippen LogP contribution < -0.4 is 0 Å². The van der Waals surface area contributed by atoms with Crippen molar-refractivity contribution in [3.63, 3.8) is 0 Å². The molecule has 1 saturated heterocycles. The van der Waals surface area contributed by atoms with Crippen molar-refractivity contribution in [1.29, 1.82) is 0 Å². The number of aromatic nitrogens is 5. The molecule has 0 saturated carbocycles. The standard InChI is InChI=1S/C17H26N6O2/c1-4-5-15-18-17(20-19-15)14-11-22(8-9-25-14)16(24)10-13-6-7-23(21-13)12(2)3/h6-7,12,14H,4-5,8-11H2,1-3H3,(H,18,19,20)/t14-/m1/s1. The predicted molar refractivity (Wildman–Crippen MR) is 92.0 cm³/mol. The van der Waals surface area contributed by atoms with E-state index in [9.17, 15) is 4.79 Å². The smallest absolute Gasteiger partial charge is 0.228 e. The minimum Gasteiger partial charge on any atom is -0.366 e. The molecule has 1 N–H and O–H groups in total. The zero-order chi connectivity index (χ0) is 17.8. The van der Waals surface area contributed by atoms with Crippen LogP contribution in [0.2, 0.25) is 0 Å². The second kappa shape index (κ2) is 7.77. The van der Waals surface area contributed by atoms with Gasteiger partial charge in [-0.25, -0.2) is 4.98 Å². The molecule has 0 radical (unpaired) electrons. The molecule has 8 nitrogen and oxygen atoms in total. The summed E-state index contributed by atoms with van der Waals surface area (Å²) >= 11 is 0. The van der Waals surface area contributed by atoms with Gasteiger partial charge in [-0.1, -0.05) is 6.92 Å². The molecule has 2 aromatic heterocycles. The Morgan fingerprint density at radius 2 is 2.32 bits per heavy atom. The lowest BCUT2D eigenvalue weighted by Crippen LogP contribution is -2.43. The fourth-order valence-electron chi connectivity index (χ4n) is 2.86. The highest BCUT2D eigenvalue weighted by Crippen LogP contribution is 2.20. The largest absolute Gasteiger partial charge is 0.366 e. The zero-order valence-electron chi connectivity index (χ0n) is 15.1. The molecule has 0 unspecified atom stereocenters. The average Bonchev–Trinajstić information content (AvgIpc) is 3.25. The van der Waals surface area contributed by atoms with E-state index in [-0.39, 0.29) is 12.0 Å². The van der Waals surface area contributed by atoms with Gasteiger partial charge in [0, 0.05) is 25.2 Å². The Kier molecular flexibility index (Phi) is 5.47. The summed E-state index contributed by atoms with van der Waals surface area (Å²) in [4.78, 5) is 18.9. The number of rotatable bonds is 6. The number of hydrogen-bond donors (Lipinski definition) is 1. The number of carbonyl (C=O) groups excluding carboxylic acids is 1. The highest BCUT2D eigenvalue weighted by Gasteiger charge is 2.28. The van der Waals surface area contributed by atoms with E-state index in [4.69, 9.17) is 4.74 Å². The second-order valence-corrected chi connectivity index (χ2v) is 6.65. The summed E-state index contributed by atoms with van der Waals surface area (Å²) in [5, 5.41) is 11.6. The van der Waals surface area contributed by atoms with Crippen molar-refractivity contribution >= 4 is 5.91 Å². The van der Waals surface area contributed by atoms with E-state index in [2.05, 4.69) is 41.1 Å². The quantitative estimate of drug-likeness (QED) is 0.859. The molecule has 1 fully saturated rings. The monoisotopic (exact) mass is 346 g/mol. The van der Waals surface area contributed by atoms with Gasteiger partial charge in [-0.3, -0.25) is 14.6 Å². The molecule has 1 aliphatic rings. The number of H-pyrrole nitrogens is 1. The fourth-order valence-corrected chi connectivity index (χ4v) is 2.86. The lowest BCUT2D eigenvalue weighted by atomic mass is 10.2.